The van der Waals surface area contributed by atoms with Crippen LogP contribution in [0.4, 0.5) is 0 Å². The highest BCUT2D eigenvalue weighted by molar-refractivity contribution is 14.0. The van der Waals surface area contributed by atoms with Crippen molar-refractivity contribution in [3.63, 3.8) is 0 Å². The van der Waals surface area contributed by atoms with E-state index in [1.165, 1.54) is 37.1 Å². The fraction of sp³-hybridized carbons (Fsp3) is 0.440. The molecule has 2 N–H and O–H groups in total. The monoisotopic (exact) mass is 565 g/mol. The van der Waals surface area contributed by atoms with Crippen molar-refractivity contribution >= 4 is 35.8 Å². The molecule has 2 aromatic rings. The molecule has 33 heavy (non-hydrogen) atoms. The second kappa shape index (κ2) is 14.0. The zero-order valence-electron chi connectivity index (χ0n) is 19.8. The number of amides is 1. The molecule has 0 atom stereocenters. The largest absolute Gasteiger partial charge is 0.497 e. The average Bonchev–Trinajstić information content (AvgIpc) is 3.32. The van der Waals surface area contributed by atoms with Gasteiger partial charge in [-0.25, -0.2) is 4.99 Å². The van der Waals surface area contributed by atoms with Crippen LogP contribution in [-0.4, -0.2) is 62.5 Å². The molecule has 1 aliphatic rings. The Bertz CT molecular complexity index is 879. The molecule has 8 heteroatoms. The number of likely N-dealkylation sites (tertiary alicyclic amines) is 1. The molecule has 0 bridgehead atoms. The number of hydrogen-bond donors (Lipinski definition) is 2. The van der Waals surface area contributed by atoms with Crippen molar-refractivity contribution in [3.05, 3.63) is 65.2 Å². The van der Waals surface area contributed by atoms with E-state index in [0.29, 0.717) is 19.0 Å². The molecule has 2 aromatic carbocycles. The normalized spacial score (nSPS) is 13.8. The quantitative estimate of drug-likeness (QED) is 0.278. The number of halogens is 1. The van der Waals surface area contributed by atoms with Gasteiger partial charge in [-0.15, -0.1) is 24.0 Å². The van der Waals surface area contributed by atoms with Crippen molar-refractivity contribution in [2.75, 3.05) is 40.8 Å². The van der Waals surface area contributed by atoms with Gasteiger partial charge in [-0.2, -0.15) is 0 Å². The zero-order valence-corrected chi connectivity index (χ0v) is 22.2. The first-order chi connectivity index (χ1) is 15.5. The van der Waals surface area contributed by atoms with E-state index in [2.05, 4.69) is 44.8 Å². The second-order valence-electron chi connectivity index (χ2n) is 8.31. The highest BCUT2D eigenvalue weighted by atomic mass is 127. The maximum atomic E-state index is 12.0. The van der Waals surface area contributed by atoms with Gasteiger partial charge in [0.25, 0.3) is 0 Å². The van der Waals surface area contributed by atoms with Crippen LogP contribution in [-0.2, 0) is 24.4 Å². The van der Waals surface area contributed by atoms with Crippen LogP contribution in [0.2, 0.25) is 0 Å². The Kier molecular flexibility index (Phi) is 11.5. The van der Waals surface area contributed by atoms with E-state index in [0.717, 1.165) is 17.9 Å². The average molecular weight is 566 g/mol. The molecule has 0 aromatic heterocycles. The number of likely N-dealkylation sites (N-methyl/N-ethyl adjacent to an activating group) is 1. The molecule has 1 saturated heterocycles. The van der Waals surface area contributed by atoms with E-state index >= 15 is 0 Å². The van der Waals surface area contributed by atoms with E-state index in [4.69, 9.17) is 4.74 Å². The van der Waals surface area contributed by atoms with Crippen molar-refractivity contribution in [2.45, 2.75) is 32.5 Å². The first kappa shape index (κ1) is 26.9. The van der Waals surface area contributed by atoms with Crippen LogP contribution in [0, 0.1) is 0 Å². The van der Waals surface area contributed by atoms with Crippen molar-refractivity contribution in [1.29, 1.82) is 0 Å². The Morgan fingerprint density at radius 1 is 0.970 bits per heavy atom. The van der Waals surface area contributed by atoms with Crippen LogP contribution in [0.5, 0.6) is 5.75 Å². The Balaban J connectivity index is 0.00000385. The summed E-state index contributed by atoms with van der Waals surface area (Å²) < 4.78 is 5.21. The van der Waals surface area contributed by atoms with Gasteiger partial charge in [0.1, 0.15) is 5.75 Å². The molecule has 1 heterocycles. The highest BCUT2D eigenvalue weighted by Crippen LogP contribution is 2.14. The molecular formula is C25H36IN5O2. The van der Waals surface area contributed by atoms with Crippen LogP contribution >= 0.6 is 24.0 Å². The summed E-state index contributed by atoms with van der Waals surface area (Å²) in [6.45, 7) is 4.76. The fourth-order valence-electron chi connectivity index (χ4n) is 3.54. The minimum absolute atomic E-state index is 0. The maximum absolute atomic E-state index is 12.0. The Labute approximate surface area is 214 Å². The third-order valence-corrected chi connectivity index (χ3v) is 5.57. The number of hydrogen-bond acceptors (Lipinski definition) is 4. The molecule has 3 rings (SSSR count). The van der Waals surface area contributed by atoms with Gasteiger partial charge in [-0.3, -0.25) is 9.69 Å². The van der Waals surface area contributed by atoms with Crippen LogP contribution < -0.4 is 15.4 Å². The third kappa shape index (κ3) is 9.21. The van der Waals surface area contributed by atoms with E-state index in [1.807, 2.05) is 24.3 Å². The lowest BCUT2D eigenvalue weighted by Crippen LogP contribution is -2.42. The summed E-state index contributed by atoms with van der Waals surface area (Å²) in [5.74, 6) is 1.42. The minimum Gasteiger partial charge on any atom is -0.497 e. The van der Waals surface area contributed by atoms with Gasteiger partial charge in [0.05, 0.1) is 20.2 Å². The molecule has 0 saturated carbocycles. The summed E-state index contributed by atoms with van der Waals surface area (Å²) >= 11 is 0. The molecule has 1 aliphatic heterocycles. The van der Waals surface area contributed by atoms with Gasteiger partial charge in [-0.1, -0.05) is 36.4 Å². The van der Waals surface area contributed by atoms with Gasteiger partial charge in [0.15, 0.2) is 5.96 Å². The van der Waals surface area contributed by atoms with Gasteiger partial charge in [0, 0.05) is 27.2 Å². The molecule has 180 valence electrons. The van der Waals surface area contributed by atoms with Crippen LogP contribution in [0.15, 0.2) is 53.5 Å². The lowest BCUT2D eigenvalue weighted by Gasteiger charge is -2.16. The molecular weight excluding hydrogens is 529 g/mol. The summed E-state index contributed by atoms with van der Waals surface area (Å²) in [6, 6.07) is 16.5. The van der Waals surface area contributed by atoms with Gasteiger partial charge < -0.3 is 20.3 Å². The number of benzene rings is 2. The summed E-state index contributed by atoms with van der Waals surface area (Å²) in [6.07, 6.45) is 2.62. The maximum Gasteiger partial charge on any atom is 0.241 e. The molecule has 7 nitrogen and oxygen atoms in total. The predicted octanol–water partition coefficient (Wildman–Crippen LogP) is 3.23. The smallest absolute Gasteiger partial charge is 0.241 e. The number of carbonyl (C=O) groups excluding carboxylic acids is 1. The fourth-order valence-corrected chi connectivity index (χ4v) is 3.54. The molecule has 0 aliphatic carbocycles. The molecule has 1 amide bonds. The number of ether oxygens (including phenoxy) is 1. The number of nitrogens with zero attached hydrogens (tertiary/aromatic N) is 3. The molecule has 0 unspecified atom stereocenters. The third-order valence-electron chi connectivity index (χ3n) is 5.57. The summed E-state index contributed by atoms with van der Waals surface area (Å²) in [7, 11) is 5.14. The Morgan fingerprint density at radius 3 is 2.18 bits per heavy atom. The lowest BCUT2D eigenvalue weighted by atomic mass is 10.1. The predicted molar refractivity (Wildman–Crippen MR) is 144 cm³/mol. The van der Waals surface area contributed by atoms with Gasteiger partial charge in [0.2, 0.25) is 5.91 Å². The zero-order chi connectivity index (χ0) is 22.8. The summed E-state index contributed by atoms with van der Waals surface area (Å²) in [4.78, 5) is 20.7. The molecule has 1 fully saturated rings. The van der Waals surface area contributed by atoms with Crippen LogP contribution in [0.3, 0.4) is 0 Å². The van der Waals surface area contributed by atoms with Crippen molar-refractivity contribution in [3.8, 4) is 5.75 Å². The van der Waals surface area contributed by atoms with E-state index in [9.17, 15) is 4.79 Å². The summed E-state index contributed by atoms with van der Waals surface area (Å²) in [5.41, 5.74) is 3.59. The Morgan fingerprint density at radius 2 is 1.58 bits per heavy atom. The number of guanidine groups is 1. The van der Waals surface area contributed by atoms with Crippen LogP contribution in [0.1, 0.15) is 29.5 Å². The van der Waals surface area contributed by atoms with Crippen molar-refractivity contribution in [1.82, 2.24) is 20.4 Å². The lowest BCUT2D eigenvalue weighted by molar-refractivity contribution is -0.127. The molecule has 0 radical (unpaired) electrons. The number of methoxy groups -OCH3 is 1. The van der Waals surface area contributed by atoms with Gasteiger partial charge >= 0.3 is 0 Å². The topological polar surface area (TPSA) is 69.2 Å². The van der Waals surface area contributed by atoms with Crippen molar-refractivity contribution in [2.24, 2.45) is 4.99 Å². The first-order valence-electron chi connectivity index (χ1n) is 11.2. The Hall–Kier alpha value is -2.33. The molecule has 0 spiro atoms. The summed E-state index contributed by atoms with van der Waals surface area (Å²) in [5, 5.41) is 6.49. The second-order valence-corrected chi connectivity index (χ2v) is 8.31. The van der Waals surface area contributed by atoms with E-state index in [1.54, 1.807) is 26.1 Å². The minimum atomic E-state index is -0.00443. The van der Waals surface area contributed by atoms with Gasteiger partial charge in [-0.05, 0) is 54.8 Å². The van der Waals surface area contributed by atoms with E-state index < -0.39 is 0 Å². The first-order valence-corrected chi connectivity index (χ1v) is 11.2. The number of nitrogens with one attached hydrogen (secondary N) is 2. The highest BCUT2D eigenvalue weighted by Gasteiger charge is 2.11. The number of carbonyl (C=O) groups is 1. The SMILES string of the molecule is COc1ccc(CN=C(NCC(=O)N(C)C)NCc2ccc(CN3CCCC3)cc2)cc1.I. The van der Waals surface area contributed by atoms with Crippen LogP contribution in [0.25, 0.3) is 0 Å². The van der Waals surface area contributed by atoms with E-state index in [-0.39, 0.29) is 36.4 Å². The standard InChI is InChI=1S/C25H35N5O2.HI/c1-29(2)24(31)18-28-25(27-17-21-10-12-23(32-3)13-11-21)26-16-20-6-8-22(9-7-20)19-30-14-4-5-15-30;/h6-13H,4-5,14-19H2,1-3H3,(H2,26,27,28);1H. The van der Waals surface area contributed by atoms with Crippen molar-refractivity contribution < 1.29 is 9.53 Å². The number of aliphatic imine (C=N–C) groups is 1. The number of rotatable bonds is 9.